The maximum Gasteiger partial charge on any atom is 0.143 e. The molecule has 21 heavy (non-hydrogen) atoms. The second kappa shape index (κ2) is 6.54. The molecule has 0 bridgehead atoms. The topological polar surface area (TPSA) is 37.4 Å². The monoisotopic (exact) mass is 287 g/mol. The Morgan fingerprint density at radius 2 is 2.00 bits per heavy atom. The van der Waals surface area contributed by atoms with Crippen molar-refractivity contribution in [3.63, 3.8) is 0 Å². The molecule has 2 heterocycles. The van der Waals surface area contributed by atoms with Gasteiger partial charge in [-0.05, 0) is 18.2 Å². The van der Waals surface area contributed by atoms with Gasteiger partial charge in [-0.3, -0.25) is 4.98 Å². The van der Waals surface area contributed by atoms with Gasteiger partial charge in [0.25, 0.3) is 0 Å². The van der Waals surface area contributed by atoms with Crippen LogP contribution in [-0.4, -0.2) is 31.2 Å². The fourth-order valence-electron chi connectivity index (χ4n) is 2.44. The molecule has 0 spiro atoms. The van der Waals surface area contributed by atoms with Crippen LogP contribution in [0.2, 0.25) is 0 Å². The van der Waals surface area contributed by atoms with Gasteiger partial charge in [0.15, 0.2) is 0 Å². The fraction of sp³-hybridized carbons (Fsp3) is 0.312. The molecule has 0 radical (unpaired) electrons. The fourth-order valence-corrected chi connectivity index (χ4v) is 2.44. The number of ether oxygens (including phenoxy) is 1. The van der Waals surface area contributed by atoms with E-state index in [1.165, 1.54) is 12.3 Å². The van der Waals surface area contributed by atoms with Crippen LogP contribution in [0.5, 0.6) is 5.75 Å². The van der Waals surface area contributed by atoms with Crippen LogP contribution in [0, 0.1) is 5.82 Å². The Morgan fingerprint density at radius 3 is 2.81 bits per heavy atom. The van der Waals surface area contributed by atoms with Gasteiger partial charge in [0.05, 0.1) is 11.9 Å². The first-order chi connectivity index (χ1) is 10.3. The van der Waals surface area contributed by atoms with E-state index in [2.05, 4.69) is 21.3 Å². The number of para-hydroxylation sites is 2. The Hall–Kier alpha value is -2.14. The van der Waals surface area contributed by atoms with Gasteiger partial charge in [-0.1, -0.05) is 12.1 Å². The van der Waals surface area contributed by atoms with Gasteiger partial charge in [0, 0.05) is 37.9 Å². The van der Waals surface area contributed by atoms with Crippen LogP contribution in [0.25, 0.3) is 0 Å². The largest absolute Gasteiger partial charge is 0.487 e. The van der Waals surface area contributed by atoms with Crippen LogP contribution in [0.3, 0.4) is 0 Å². The quantitative estimate of drug-likeness (QED) is 0.935. The maximum atomic E-state index is 13.1. The van der Waals surface area contributed by atoms with Crippen molar-refractivity contribution in [2.24, 2.45) is 0 Å². The second-order valence-corrected chi connectivity index (χ2v) is 5.00. The van der Waals surface area contributed by atoms with Crippen molar-refractivity contribution in [1.82, 2.24) is 10.3 Å². The van der Waals surface area contributed by atoms with Crippen molar-refractivity contribution >= 4 is 5.69 Å². The number of nitrogens with zero attached hydrogens (tertiary/aromatic N) is 2. The lowest BCUT2D eigenvalue weighted by Crippen LogP contribution is -2.43. The van der Waals surface area contributed by atoms with Crippen LogP contribution in [0.4, 0.5) is 10.1 Å². The van der Waals surface area contributed by atoms with Gasteiger partial charge in [0.1, 0.15) is 18.2 Å². The summed E-state index contributed by atoms with van der Waals surface area (Å²) >= 11 is 0. The number of pyridine rings is 1. The minimum atomic E-state index is -0.341. The lowest BCUT2D eigenvalue weighted by Gasteiger charge is -2.30. The van der Waals surface area contributed by atoms with Crippen LogP contribution in [0.15, 0.2) is 42.7 Å². The first-order valence-corrected chi connectivity index (χ1v) is 7.10. The molecule has 0 amide bonds. The molecule has 1 fully saturated rings. The average Bonchev–Trinajstić information content (AvgIpc) is 2.54. The Kier molecular flexibility index (Phi) is 4.31. The molecule has 4 nitrogen and oxygen atoms in total. The first-order valence-electron chi connectivity index (χ1n) is 7.10. The van der Waals surface area contributed by atoms with Gasteiger partial charge in [-0.15, -0.1) is 0 Å². The molecule has 1 aliphatic heterocycles. The number of nitrogens with one attached hydrogen (secondary N) is 1. The number of rotatable bonds is 4. The number of aromatic nitrogens is 1. The first kappa shape index (κ1) is 13.8. The summed E-state index contributed by atoms with van der Waals surface area (Å²) in [7, 11) is 0. The molecule has 1 aliphatic rings. The molecule has 2 aromatic rings. The van der Waals surface area contributed by atoms with Crippen molar-refractivity contribution in [1.29, 1.82) is 0 Å². The van der Waals surface area contributed by atoms with Crippen molar-refractivity contribution < 1.29 is 9.13 Å². The lowest BCUT2D eigenvalue weighted by atomic mass is 10.2. The summed E-state index contributed by atoms with van der Waals surface area (Å²) < 4.78 is 19.0. The SMILES string of the molecule is Fc1cncc(COc2ccccc2N2CCNCC2)c1. The summed E-state index contributed by atoms with van der Waals surface area (Å²) in [5.41, 5.74) is 1.81. The van der Waals surface area contributed by atoms with E-state index in [-0.39, 0.29) is 5.82 Å². The number of halogens is 1. The minimum Gasteiger partial charge on any atom is -0.487 e. The van der Waals surface area contributed by atoms with Crippen molar-refractivity contribution in [2.45, 2.75) is 6.61 Å². The van der Waals surface area contributed by atoms with E-state index in [4.69, 9.17) is 4.74 Å². The molecule has 0 saturated carbocycles. The molecule has 0 atom stereocenters. The third kappa shape index (κ3) is 3.49. The number of hydrogen-bond acceptors (Lipinski definition) is 4. The third-order valence-corrected chi connectivity index (χ3v) is 3.48. The maximum absolute atomic E-state index is 13.1. The standard InChI is InChI=1S/C16H18FN3O/c17-14-9-13(10-19-11-14)12-21-16-4-2-1-3-15(16)20-7-5-18-6-8-20/h1-4,9-11,18H,5-8,12H2. The van der Waals surface area contributed by atoms with E-state index in [1.54, 1.807) is 6.20 Å². The molecule has 1 aromatic carbocycles. The van der Waals surface area contributed by atoms with Gasteiger partial charge >= 0.3 is 0 Å². The zero-order valence-corrected chi connectivity index (χ0v) is 11.8. The van der Waals surface area contributed by atoms with E-state index < -0.39 is 0 Å². The summed E-state index contributed by atoms with van der Waals surface area (Å²) in [4.78, 5) is 6.14. The lowest BCUT2D eigenvalue weighted by molar-refractivity contribution is 0.305. The summed E-state index contributed by atoms with van der Waals surface area (Å²) in [5, 5.41) is 3.34. The number of anilines is 1. The molecule has 0 unspecified atom stereocenters. The van der Waals surface area contributed by atoms with Crippen LogP contribution >= 0.6 is 0 Å². The zero-order valence-electron chi connectivity index (χ0n) is 11.8. The summed E-state index contributed by atoms with van der Waals surface area (Å²) in [6.45, 7) is 4.18. The molecule has 3 rings (SSSR count). The highest BCUT2D eigenvalue weighted by atomic mass is 19.1. The van der Waals surface area contributed by atoms with Crippen LogP contribution in [0.1, 0.15) is 5.56 Å². The predicted molar refractivity (Wildman–Crippen MR) is 80.1 cm³/mol. The molecule has 1 N–H and O–H groups in total. The van der Waals surface area contributed by atoms with Crippen molar-refractivity contribution in [2.75, 3.05) is 31.1 Å². The minimum absolute atomic E-state index is 0.313. The summed E-state index contributed by atoms with van der Waals surface area (Å²) in [6.07, 6.45) is 2.81. The second-order valence-electron chi connectivity index (χ2n) is 5.00. The predicted octanol–water partition coefficient (Wildman–Crippen LogP) is 2.21. The molecule has 1 aromatic heterocycles. The van der Waals surface area contributed by atoms with E-state index in [9.17, 15) is 4.39 Å². The summed E-state index contributed by atoms with van der Waals surface area (Å²) in [5.74, 6) is 0.482. The Balaban J connectivity index is 1.73. The normalized spacial score (nSPS) is 15.0. The molecular weight excluding hydrogens is 269 g/mol. The molecule has 1 saturated heterocycles. The van der Waals surface area contributed by atoms with Gasteiger partial charge in [-0.2, -0.15) is 0 Å². The zero-order chi connectivity index (χ0) is 14.5. The Bertz CT molecular complexity index is 600. The highest BCUT2D eigenvalue weighted by Crippen LogP contribution is 2.28. The highest BCUT2D eigenvalue weighted by Gasteiger charge is 2.14. The van der Waals surface area contributed by atoms with E-state index in [0.29, 0.717) is 6.61 Å². The Morgan fingerprint density at radius 1 is 1.19 bits per heavy atom. The van der Waals surface area contributed by atoms with Crippen molar-refractivity contribution in [3.8, 4) is 5.75 Å². The van der Waals surface area contributed by atoms with Gasteiger partial charge in [-0.25, -0.2) is 4.39 Å². The molecular formula is C16H18FN3O. The average molecular weight is 287 g/mol. The van der Waals surface area contributed by atoms with Crippen LogP contribution in [-0.2, 0) is 6.61 Å². The number of hydrogen-bond donors (Lipinski definition) is 1. The van der Waals surface area contributed by atoms with Gasteiger partial charge in [0.2, 0.25) is 0 Å². The van der Waals surface area contributed by atoms with E-state index >= 15 is 0 Å². The van der Waals surface area contributed by atoms with Gasteiger partial charge < -0.3 is 15.0 Å². The smallest absolute Gasteiger partial charge is 0.143 e. The molecule has 5 heteroatoms. The Labute approximate surface area is 123 Å². The number of piperazine rings is 1. The summed E-state index contributed by atoms with van der Waals surface area (Å²) in [6, 6.07) is 9.41. The number of benzene rings is 1. The van der Waals surface area contributed by atoms with E-state index in [1.807, 2.05) is 18.2 Å². The molecule has 110 valence electrons. The van der Waals surface area contributed by atoms with E-state index in [0.717, 1.165) is 43.2 Å². The molecule has 0 aliphatic carbocycles. The highest BCUT2D eigenvalue weighted by molar-refractivity contribution is 5.58. The van der Waals surface area contributed by atoms with Crippen LogP contribution < -0.4 is 15.0 Å². The van der Waals surface area contributed by atoms with Crippen molar-refractivity contribution in [3.05, 3.63) is 54.1 Å². The third-order valence-electron chi connectivity index (χ3n) is 3.48.